The first-order chi connectivity index (χ1) is 10.8. The molecule has 2 aromatic rings. The molecule has 0 radical (unpaired) electrons. The molecule has 1 heterocycles. The first-order valence-electron chi connectivity index (χ1n) is 6.79. The molecule has 0 saturated heterocycles. The van der Waals surface area contributed by atoms with E-state index in [-0.39, 0.29) is 30.0 Å². The fourth-order valence-corrected chi connectivity index (χ4v) is 2.02. The van der Waals surface area contributed by atoms with Crippen molar-refractivity contribution in [3.8, 4) is 0 Å². The van der Waals surface area contributed by atoms with E-state index in [2.05, 4.69) is 5.73 Å². The lowest BCUT2D eigenvalue weighted by Gasteiger charge is -1.92. The summed E-state index contributed by atoms with van der Waals surface area (Å²) < 4.78 is 33.2. The summed E-state index contributed by atoms with van der Waals surface area (Å²) in [6.07, 6.45) is 0.411. The van der Waals surface area contributed by atoms with E-state index in [1.165, 1.54) is 20.0 Å². The van der Waals surface area contributed by atoms with Crippen molar-refractivity contribution in [3.63, 3.8) is 0 Å². The van der Waals surface area contributed by atoms with Crippen LogP contribution in [-0.4, -0.2) is 31.6 Å². The molecule has 0 aliphatic carbocycles. The molecule has 7 nitrogen and oxygen atoms in total. The van der Waals surface area contributed by atoms with Crippen LogP contribution >= 0.6 is 0 Å². The van der Waals surface area contributed by atoms with Gasteiger partial charge in [-0.1, -0.05) is 18.2 Å². The zero-order chi connectivity index (χ0) is 17.9. The molecule has 0 saturated carbocycles. The van der Waals surface area contributed by atoms with Gasteiger partial charge in [0.1, 0.15) is 11.4 Å². The van der Waals surface area contributed by atoms with E-state index in [9.17, 15) is 18.0 Å². The van der Waals surface area contributed by atoms with Gasteiger partial charge in [-0.25, -0.2) is 4.79 Å². The molecule has 1 aromatic heterocycles. The summed E-state index contributed by atoms with van der Waals surface area (Å²) in [5, 5.41) is 0.951. The lowest BCUT2D eigenvalue weighted by atomic mass is 10.2. The molecule has 0 amide bonds. The molecule has 8 heteroatoms. The Labute approximate surface area is 134 Å². The fourth-order valence-electron chi connectivity index (χ4n) is 1.51. The molecule has 0 bridgehead atoms. The van der Waals surface area contributed by atoms with Crippen molar-refractivity contribution in [1.82, 2.24) is 0 Å². The van der Waals surface area contributed by atoms with Crippen LogP contribution in [0.4, 0.5) is 0 Å². The average molecular weight is 343 g/mol. The van der Waals surface area contributed by atoms with Crippen LogP contribution in [0.5, 0.6) is 0 Å². The van der Waals surface area contributed by atoms with Crippen LogP contribution in [0.1, 0.15) is 19.8 Å². The van der Waals surface area contributed by atoms with Crippen molar-refractivity contribution >= 4 is 26.9 Å². The molecule has 0 atom stereocenters. The fraction of sp³-hybridized carbons (Fsp3) is 0.333. The lowest BCUT2D eigenvalue weighted by Crippen LogP contribution is -2.05. The summed E-state index contributed by atoms with van der Waals surface area (Å²) in [6.45, 7) is 1.38. The van der Waals surface area contributed by atoms with Crippen LogP contribution in [-0.2, 0) is 14.9 Å². The highest BCUT2D eigenvalue weighted by atomic mass is 32.2. The number of fused-ring (bicyclic) bond motifs is 1. The predicted molar refractivity (Wildman–Crippen MR) is 88.9 cm³/mol. The van der Waals surface area contributed by atoms with Gasteiger partial charge in [0.25, 0.3) is 10.1 Å². The van der Waals surface area contributed by atoms with Crippen LogP contribution < -0.4 is 11.4 Å². The molecule has 0 spiro atoms. The summed E-state index contributed by atoms with van der Waals surface area (Å²) in [5.74, 6) is -0.393. The van der Waals surface area contributed by atoms with Gasteiger partial charge in [0.15, 0.2) is 0 Å². The number of nitrogens with two attached hydrogens (primary N) is 1. The first-order valence-corrected chi connectivity index (χ1v) is 8.40. The SMILES string of the molecule is CC(=O)CCCS(=O)(=O)O.CN.O=c1ccc2ccccc2o1. The van der Waals surface area contributed by atoms with Crippen molar-refractivity contribution in [2.45, 2.75) is 19.8 Å². The van der Waals surface area contributed by atoms with Gasteiger partial charge < -0.3 is 14.9 Å². The molecule has 1 aromatic carbocycles. The maximum atomic E-state index is 10.7. The number of hydrogen-bond acceptors (Lipinski definition) is 6. The zero-order valence-electron chi connectivity index (χ0n) is 13.1. The second kappa shape index (κ2) is 10.7. The van der Waals surface area contributed by atoms with Crippen molar-refractivity contribution in [2.24, 2.45) is 5.73 Å². The number of benzene rings is 1. The van der Waals surface area contributed by atoms with E-state index in [4.69, 9.17) is 8.97 Å². The number of para-hydroxylation sites is 1. The van der Waals surface area contributed by atoms with Gasteiger partial charge in [-0.2, -0.15) is 8.42 Å². The zero-order valence-corrected chi connectivity index (χ0v) is 13.9. The molecular formula is C15H21NO6S. The minimum absolute atomic E-state index is 0.0661. The van der Waals surface area contributed by atoms with Gasteiger partial charge in [0.05, 0.1) is 5.75 Å². The van der Waals surface area contributed by atoms with Crippen molar-refractivity contribution in [1.29, 1.82) is 0 Å². The molecule has 2 rings (SSSR count). The van der Waals surface area contributed by atoms with Gasteiger partial charge in [-0.3, -0.25) is 4.55 Å². The molecular weight excluding hydrogens is 322 g/mol. The summed E-state index contributed by atoms with van der Waals surface area (Å²) in [7, 11) is -2.37. The largest absolute Gasteiger partial charge is 0.423 e. The van der Waals surface area contributed by atoms with E-state index < -0.39 is 10.1 Å². The summed E-state index contributed by atoms with van der Waals surface area (Å²) in [6, 6.07) is 10.6. The summed E-state index contributed by atoms with van der Waals surface area (Å²) >= 11 is 0. The minimum atomic E-state index is -3.87. The van der Waals surface area contributed by atoms with E-state index in [1.807, 2.05) is 18.2 Å². The van der Waals surface area contributed by atoms with Crippen molar-refractivity contribution in [2.75, 3.05) is 12.8 Å². The molecule has 3 N–H and O–H groups in total. The second-order valence-corrected chi connectivity index (χ2v) is 5.96. The molecule has 0 aliphatic heterocycles. The van der Waals surface area contributed by atoms with E-state index in [0.29, 0.717) is 5.58 Å². The van der Waals surface area contributed by atoms with E-state index in [0.717, 1.165) is 5.39 Å². The first kappa shape index (κ1) is 21.0. The lowest BCUT2D eigenvalue weighted by molar-refractivity contribution is -0.117. The third-order valence-corrected chi connectivity index (χ3v) is 3.26. The number of carbonyl (C=O) groups excluding carboxylic acids is 1. The van der Waals surface area contributed by atoms with E-state index >= 15 is 0 Å². The Hall–Kier alpha value is -2.03. The third-order valence-electron chi connectivity index (χ3n) is 2.46. The monoisotopic (exact) mass is 343 g/mol. The van der Waals surface area contributed by atoms with Crippen LogP contribution in [0.3, 0.4) is 0 Å². The van der Waals surface area contributed by atoms with E-state index in [1.54, 1.807) is 12.1 Å². The second-order valence-electron chi connectivity index (χ2n) is 4.38. The average Bonchev–Trinajstić information content (AvgIpc) is 2.48. The van der Waals surface area contributed by atoms with Gasteiger partial charge >= 0.3 is 5.63 Å². The Morgan fingerprint density at radius 3 is 2.35 bits per heavy atom. The Bertz CT molecular complexity index is 767. The smallest absolute Gasteiger partial charge is 0.336 e. The normalized spacial score (nSPS) is 10.1. The van der Waals surface area contributed by atoms with Crippen molar-refractivity contribution in [3.05, 3.63) is 46.8 Å². The topological polar surface area (TPSA) is 128 Å². The van der Waals surface area contributed by atoms with Crippen LogP contribution in [0.15, 0.2) is 45.6 Å². The Morgan fingerprint density at radius 2 is 1.78 bits per heavy atom. The van der Waals surface area contributed by atoms with Gasteiger partial charge in [-0.05, 0) is 32.5 Å². The summed E-state index contributed by atoms with van der Waals surface area (Å²) in [4.78, 5) is 21.0. The van der Waals surface area contributed by atoms with Crippen molar-refractivity contribution < 1.29 is 22.2 Å². The van der Waals surface area contributed by atoms with Crippen LogP contribution in [0, 0.1) is 0 Å². The minimum Gasteiger partial charge on any atom is -0.423 e. The molecule has 23 heavy (non-hydrogen) atoms. The molecule has 0 fully saturated rings. The summed E-state index contributed by atoms with van der Waals surface area (Å²) in [5.41, 5.74) is 4.84. The van der Waals surface area contributed by atoms with Crippen LogP contribution in [0.2, 0.25) is 0 Å². The standard InChI is InChI=1S/C9H6O2.C5H10O4S.CH5N/c10-9-6-5-7-3-1-2-4-8(7)11-9;1-5(6)3-2-4-10(7,8)9;1-2/h1-6H;2-4H2,1H3,(H,7,8,9);2H2,1H3. The van der Waals surface area contributed by atoms with Gasteiger partial charge in [0, 0.05) is 17.9 Å². The number of carbonyl (C=O) groups is 1. The number of ketones is 1. The Kier molecular flexibility index (Phi) is 9.71. The predicted octanol–water partition coefficient (Wildman–Crippen LogP) is 1.61. The Morgan fingerprint density at radius 1 is 1.17 bits per heavy atom. The maximum absolute atomic E-state index is 10.7. The molecule has 0 unspecified atom stereocenters. The highest BCUT2D eigenvalue weighted by molar-refractivity contribution is 7.85. The molecule has 0 aliphatic rings. The number of Topliss-reactive ketones (excluding diaryl/α,β-unsaturated/α-hetero) is 1. The van der Waals surface area contributed by atoms with Gasteiger partial charge in [-0.15, -0.1) is 0 Å². The highest BCUT2D eigenvalue weighted by Crippen LogP contribution is 2.08. The Balaban J connectivity index is 0.000000383. The number of hydrogen-bond donors (Lipinski definition) is 2. The third kappa shape index (κ3) is 10.3. The number of rotatable bonds is 4. The van der Waals surface area contributed by atoms with Crippen LogP contribution in [0.25, 0.3) is 11.0 Å². The van der Waals surface area contributed by atoms with Gasteiger partial charge in [0.2, 0.25) is 0 Å². The highest BCUT2D eigenvalue weighted by Gasteiger charge is 2.03. The molecule has 128 valence electrons. The maximum Gasteiger partial charge on any atom is 0.336 e. The quantitative estimate of drug-likeness (QED) is 0.637.